The van der Waals surface area contributed by atoms with Gasteiger partial charge < -0.3 is 15.1 Å². The van der Waals surface area contributed by atoms with Gasteiger partial charge in [-0.05, 0) is 63.0 Å². The van der Waals surface area contributed by atoms with E-state index in [9.17, 15) is 4.79 Å². The Kier molecular flexibility index (Phi) is 4.54. The van der Waals surface area contributed by atoms with Gasteiger partial charge in [0.15, 0.2) is 0 Å². The Morgan fingerprint density at radius 2 is 1.93 bits per heavy atom. The second-order valence-corrected chi connectivity index (χ2v) is 9.24. The molecule has 2 aliphatic carbocycles. The highest BCUT2D eigenvalue weighted by Crippen LogP contribution is 2.44. The third-order valence-corrected chi connectivity index (χ3v) is 7.02. The summed E-state index contributed by atoms with van der Waals surface area (Å²) in [6, 6.07) is 1.85. The van der Waals surface area contributed by atoms with Crippen LogP contribution in [0.2, 0.25) is 0 Å². The molecule has 4 aliphatic rings. The lowest BCUT2D eigenvalue weighted by Gasteiger charge is -2.32. The molecule has 6 heteroatoms. The van der Waals surface area contributed by atoms with Crippen LogP contribution in [0.3, 0.4) is 0 Å². The zero-order chi connectivity index (χ0) is 18.3. The van der Waals surface area contributed by atoms with Gasteiger partial charge in [-0.1, -0.05) is 0 Å². The quantitative estimate of drug-likeness (QED) is 0.830. The minimum absolute atomic E-state index is 0.283. The lowest BCUT2D eigenvalue weighted by Crippen LogP contribution is -2.48. The molecule has 0 radical (unpaired) electrons. The largest absolute Gasteiger partial charge is 0.355 e. The van der Waals surface area contributed by atoms with Crippen molar-refractivity contribution in [1.82, 2.24) is 20.2 Å². The summed E-state index contributed by atoms with van der Waals surface area (Å²) < 4.78 is 0. The fourth-order valence-electron chi connectivity index (χ4n) is 5.06. The normalized spacial score (nSPS) is 31.4. The van der Waals surface area contributed by atoms with E-state index >= 15 is 0 Å². The average Bonchev–Trinajstić information content (AvgIpc) is 3.60. The van der Waals surface area contributed by atoms with E-state index in [1.165, 1.54) is 32.2 Å². The van der Waals surface area contributed by atoms with Crippen LogP contribution in [0.1, 0.15) is 38.5 Å². The van der Waals surface area contributed by atoms with Crippen molar-refractivity contribution in [2.75, 3.05) is 44.2 Å². The first-order valence-corrected chi connectivity index (χ1v) is 10.8. The topological polar surface area (TPSA) is 61.4 Å². The maximum Gasteiger partial charge on any atom is 0.228 e. The predicted octanol–water partition coefficient (Wildman–Crippen LogP) is 1.93. The van der Waals surface area contributed by atoms with E-state index in [-0.39, 0.29) is 11.3 Å². The van der Waals surface area contributed by atoms with Gasteiger partial charge >= 0.3 is 0 Å². The van der Waals surface area contributed by atoms with Gasteiger partial charge in [0.2, 0.25) is 11.9 Å². The Morgan fingerprint density at radius 3 is 2.67 bits per heavy atom. The number of aromatic nitrogens is 2. The summed E-state index contributed by atoms with van der Waals surface area (Å²) in [6.45, 7) is 5.92. The second kappa shape index (κ2) is 7.04. The third-order valence-electron chi connectivity index (χ3n) is 7.02. The van der Waals surface area contributed by atoms with Crippen LogP contribution < -0.4 is 10.2 Å². The molecule has 1 aromatic rings. The van der Waals surface area contributed by atoms with Crippen LogP contribution in [0, 0.1) is 23.2 Å². The first kappa shape index (κ1) is 17.4. The van der Waals surface area contributed by atoms with Crippen molar-refractivity contribution in [2.45, 2.75) is 38.5 Å². The van der Waals surface area contributed by atoms with E-state index < -0.39 is 0 Å². The molecular formula is C21H31N5O. The number of likely N-dealkylation sites (tertiary alicyclic amines) is 1. The van der Waals surface area contributed by atoms with Gasteiger partial charge in [-0.15, -0.1) is 0 Å². The zero-order valence-corrected chi connectivity index (χ0v) is 16.1. The molecular weight excluding hydrogens is 338 g/mol. The van der Waals surface area contributed by atoms with Crippen LogP contribution in [0.4, 0.5) is 5.95 Å². The smallest absolute Gasteiger partial charge is 0.228 e. The summed E-state index contributed by atoms with van der Waals surface area (Å²) in [6.07, 6.45) is 11.0. The number of amides is 1. The van der Waals surface area contributed by atoms with Gasteiger partial charge in [0.1, 0.15) is 0 Å². The number of nitrogens with one attached hydrogen (secondary N) is 1. The van der Waals surface area contributed by atoms with Crippen molar-refractivity contribution in [2.24, 2.45) is 23.2 Å². The Balaban J connectivity index is 1.37. The highest BCUT2D eigenvalue weighted by molar-refractivity contribution is 5.84. The average molecular weight is 370 g/mol. The van der Waals surface area contributed by atoms with Crippen molar-refractivity contribution in [3.05, 3.63) is 18.5 Å². The molecule has 1 aromatic heterocycles. The van der Waals surface area contributed by atoms with Gasteiger partial charge in [0.05, 0.1) is 5.41 Å². The molecule has 2 saturated heterocycles. The fourth-order valence-corrected chi connectivity index (χ4v) is 5.06. The Morgan fingerprint density at radius 1 is 1.15 bits per heavy atom. The Hall–Kier alpha value is -1.69. The molecule has 4 fully saturated rings. The first-order chi connectivity index (χ1) is 13.2. The van der Waals surface area contributed by atoms with Crippen molar-refractivity contribution in [1.29, 1.82) is 0 Å². The number of anilines is 1. The lowest BCUT2D eigenvalue weighted by molar-refractivity contribution is -0.132. The maximum atomic E-state index is 13.4. The highest BCUT2D eigenvalue weighted by atomic mass is 16.2. The molecule has 2 atom stereocenters. The summed E-state index contributed by atoms with van der Waals surface area (Å²) >= 11 is 0. The van der Waals surface area contributed by atoms with Gasteiger partial charge in [-0.2, -0.15) is 0 Å². The van der Waals surface area contributed by atoms with Crippen LogP contribution in [-0.4, -0.2) is 60.0 Å². The molecule has 0 bridgehead atoms. The van der Waals surface area contributed by atoms with Crippen molar-refractivity contribution in [3.8, 4) is 0 Å². The molecule has 0 aromatic carbocycles. The monoisotopic (exact) mass is 369 g/mol. The molecule has 6 nitrogen and oxygen atoms in total. The second-order valence-electron chi connectivity index (χ2n) is 9.24. The van der Waals surface area contributed by atoms with Gasteiger partial charge in [-0.3, -0.25) is 4.79 Å². The molecule has 1 amide bonds. The molecule has 3 heterocycles. The Bertz CT molecular complexity index is 674. The van der Waals surface area contributed by atoms with E-state index in [1.54, 1.807) is 12.4 Å². The van der Waals surface area contributed by atoms with E-state index in [4.69, 9.17) is 0 Å². The molecule has 1 N–H and O–H groups in total. The molecule has 5 rings (SSSR count). The van der Waals surface area contributed by atoms with Crippen LogP contribution in [0.5, 0.6) is 0 Å². The standard InChI is InChI=1S/C21H31N5O/c27-19(24-11-16-3-4-16)21-7-1-10-25(12-17-5-6-17)13-18(21)14-26(15-21)20-22-8-2-9-23-20/h2,8-9,16-18H,1,3-7,10-15H2,(H,24,27)/t18-,21+/m0/s1. The van der Waals surface area contributed by atoms with Crippen molar-refractivity contribution < 1.29 is 4.79 Å². The zero-order valence-electron chi connectivity index (χ0n) is 16.1. The number of rotatable bonds is 6. The minimum Gasteiger partial charge on any atom is -0.355 e. The van der Waals surface area contributed by atoms with Crippen LogP contribution in [0.25, 0.3) is 0 Å². The SMILES string of the molecule is O=C(NCC1CC1)[C@@]12CCCN(CC3CC3)C[C@H]1CN(c1ncccn1)C2. The number of hydrogen-bond donors (Lipinski definition) is 1. The number of nitrogens with zero attached hydrogens (tertiary/aromatic N) is 4. The maximum absolute atomic E-state index is 13.4. The molecule has 0 unspecified atom stereocenters. The van der Waals surface area contributed by atoms with Crippen LogP contribution in [-0.2, 0) is 4.79 Å². The minimum atomic E-state index is -0.285. The number of carbonyl (C=O) groups excluding carboxylic acids is 1. The van der Waals surface area contributed by atoms with E-state index in [0.717, 1.165) is 63.3 Å². The van der Waals surface area contributed by atoms with Gasteiger partial charge in [-0.25, -0.2) is 9.97 Å². The summed E-state index contributed by atoms with van der Waals surface area (Å²) in [7, 11) is 0. The van der Waals surface area contributed by atoms with Gasteiger partial charge in [0.25, 0.3) is 0 Å². The fraction of sp³-hybridized carbons (Fsp3) is 0.762. The third kappa shape index (κ3) is 3.68. The Labute approximate surface area is 161 Å². The van der Waals surface area contributed by atoms with Gasteiger partial charge in [0, 0.05) is 51.0 Å². The number of carbonyl (C=O) groups is 1. The first-order valence-electron chi connectivity index (χ1n) is 10.8. The summed E-state index contributed by atoms with van der Waals surface area (Å²) in [4.78, 5) is 27.2. The lowest BCUT2D eigenvalue weighted by atomic mass is 9.74. The van der Waals surface area contributed by atoms with E-state index in [1.807, 2.05) is 6.07 Å². The highest BCUT2D eigenvalue weighted by Gasteiger charge is 2.53. The predicted molar refractivity (Wildman–Crippen MR) is 104 cm³/mol. The molecule has 0 spiro atoms. The van der Waals surface area contributed by atoms with Crippen LogP contribution >= 0.6 is 0 Å². The van der Waals surface area contributed by atoms with Crippen LogP contribution in [0.15, 0.2) is 18.5 Å². The molecule has 146 valence electrons. The molecule has 2 aliphatic heterocycles. The van der Waals surface area contributed by atoms with Crippen molar-refractivity contribution in [3.63, 3.8) is 0 Å². The summed E-state index contributed by atoms with van der Waals surface area (Å²) in [5.41, 5.74) is -0.285. The number of fused-ring (bicyclic) bond motifs is 1. The van der Waals surface area contributed by atoms with Crippen molar-refractivity contribution >= 4 is 11.9 Å². The molecule has 27 heavy (non-hydrogen) atoms. The van der Waals surface area contributed by atoms with E-state index in [0.29, 0.717) is 5.92 Å². The molecule has 2 saturated carbocycles. The summed E-state index contributed by atoms with van der Waals surface area (Å²) in [5, 5.41) is 3.32. The number of hydrogen-bond acceptors (Lipinski definition) is 5. The summed E-state index contributed by atoms with van der Waals surface area (Å²) in [5.74, 6) is 3.04. The van der Waals surface area contributed by atoms with E-state index in [2.05, 4.69) is 25.1 Å².